The number of nitrogens with zero attached hydrogens (tertiary/aromatic N) is 4. The van der Waals surface area contributed by atoms with Crippen molar-refractivity contribution in [2.75, 3.05) is 11.9 Å². The molecule has 0 radical (unpaired) electrons. The zero-order valence-electron chi connectivity index (χ0n) is 15.9. The van der Waals surface area contributed by atoms with Gasteiger partial charge in [0.15, 0.2) is 5.96 Å². The predicted molar refractivity (Wildman–Crippen MR) is 107 cm³/mol. The van der Waals surface area contributed by atoms with E-state index in [1.54, 1.807) is 0 Å². The van der Waals surface area contributed by atoms with Crippen LogP contribution in [0.3, 0.4) is 0 Å². The van der Waals surface area contributed by atoms with Crippen molar-refractivity contribution < 1.29 is 0 Å². The Morgan fingerprint density at radius 3 is 2.81 bits per heavy atom. The highest BCUT2D eigenvalue weighted by atomic mass is 15.3. The number of fused-ring (bicyclic) bond motifs is 1. The third-order valence-corrected chi connectivity index (χ3v) is 5.17. The first-order chi connectivity index (χ1) is 12.7. The standard InChI is InChI=1S/C20H30N6/c1-3-15(2)16-8-10-17(11-9-16)23-20(21)22-13-12-19-25-24-18-7-5-4-6-14-26(18)19/h8-11,15H,3-7,12-14H2,1-2H3,(H3,21,22,23). The van der Waals surface area contributed by atoms with Crippen molar-refractivity contribution in [3.8, 4) is 0 Å². The summed E-state index contributed by atoms with van der Waals surface area (Å²) in [7, 11) is 0. The van der Waals surface area contributed by atoms with Gasteiger partial charge in [-0.3, -0.25) is 4.99 Å². The highest BCUT2D eigenvalue weighted by molar-refractivity contribution is 5.92. The number of benzene rings is 1. The molecule has 1 aliphatic rings. The van der Waals surface area contributed by atoms with Crippen LogP contribution in [-0.2, 0) is 19.4 Å². The molecule has 1 unspecified atom stereocenters. The Kier molecular flexibility index (Phi) is 6.26. The largest absolute Gasteiger partial charge is 0.370 e. The minimum atomic E-state index is 0.442. The first kappa shape index (κ1) is 18.4. The number of hydrogen-bond donors (Lipinski definition) is 2. The molecule has 2 heterocycles. The fourth-order valence-corrected chi connectivity index (χ4v) is 3.32. The molecule has 0 amide bonds. The van der Waals surface area contributed by atoms with Gasteiger partial charge in [0.05, 0.1) is 0 Å². The number of anilines is 1. The number of aromatic nitrogens is 3. The van der Waals surface area contributed by atoms with E-state index < -0.39 is 0 Å². The molecule has 1 aromatic heterocycles. The van der Waals surface area contributed by atoms with Crippen molar-refractivity contribution in [2.24, 2.45) is 10.7 Å². The van der Waals surface area contributed by atoms with Crippen LogP contribution < -0.4 is 11.1 Å². The molecule has 0 saturated heterocycles. The molecule has 26 heavy (non-hydrogen) atoms. The highest BCUT2D eigenvalue weighted by Crippen LogP contribution is 2.20. The number of rotatable bonds is 6. The van der Waals surface area contributed by atoms with Crippen molar-refractivity contribution in [3.63, 3.8) is 0 Å². The Balaban J connectivity index is 1.53. The second-order valence-electron chi connectivity index (χ2n) is 7.07. The summed E-state index contributed by atoms with van der Waals surface area (Å²) < 4.78 is 2.26. The zero-order valence-corrected chi connectivity index (χ0v) is 15.9. The van der Waals surface area contributed by atoms with E-state index in [9.17, 15) is 0 Å². The van der Waals surface area contributed by atoms with Crippen molar-refractivity contribution in [3.05, 3.63) is 41.5 Å². The third-order valence-electron chi connectivity index (χ3n) is 5.17. The Bertz CT molecular complexity index is 731. The number of aryl methyl sites for hydroxylation is 1. The maximum absolute atomic E-state index is 6.03. The van der Waals surface area contributed by atoms with Crippen LogP contribution in [0.4, 0.5) is 5.69 Å². The molecule has 0 aliphatic carbocycles. The summed E-state index contributed by atoms with van der Waals surface area (Å²) in [5, 5.41) is 11.8. The van der Waals surface area contributed by atoms with Gasteiger partial charge in [-0.1, -0.05) is 32.4 Å². The van der Waals surface area contributed by atoms with Crippen LogP contribution in [0.15, 0.2) is 29.3 Å². The predicted octanol–water partition coefficient (Wildman–Crippen LogP) is 3.49. The van der Waals surface area contributed by atoms with Gasteiger partial charge in [0.25, 0.3) is 0 Å². The van der Waals surface area contributed by atoms with E-state index in [2.05, 4.69) is 63.2 Å². The lowest BCUT2D eigenvalue weighted by Crippen LogP contribution is -2.23. The Hall–Kier alpha value is -2.37. The Morgan fingerprint density at radius 1 is 1.23 bits per heavy atom. The fraction of sp³-hybridized carbons (Fsp3) is 0.550. The number of nitrogens with one attached hydrogen (secondary N) is 1. The van der Waals surface area contributed by atoms with Gasteiger partial charge in [-0.2, -0.15) is 0 Å². The van der Waals surface area contributed by atoms with Crippen molar-refractivity contribution in [1.29, 1.82) is 0 Å². The minimum absolute atomic E-state index is 0.442. The molecular formula is C20H30N6. The summed E-state index contributed by atoms with van der Waals surface area (Å²) in [5.41, 5.74) is 8.34. The molecule has 0 saturated carbocycles. The average molecular weight is 355 g/mol. The van der Waals surface area contributed by atoms with Gasteiger partial charge >= 0.3 is 0 Å². The number of hydrogen-bond acceptors (Lipinski definition) is 3. The lowest BCUT2D eigenvalue weighted by Gasteiger charge is -2.11. The molecule has 140 valence electrons. The second kappa shape index (κ2) is 8.83. The van der Waals surface area contributed by atoms with E-state index >= 15 is 0 Å². The van der Waals surface area contributed by atoms with Crippen molar-refractivity contribution in [1.82, 2.24) is 14.8 Å². The molecular weight excluding hydrogens is 324 g/mol. The van der Waals surface area contributed by atoms with Crippen molar-refractivity contribution >= 4 is 11.6 Å². The molecule has 0 bridgehead atoms. The first-order valence-electron chi connectivity index (χ1n) is 9.75. The van der Waals surface area contributed by atoms with Crippen LogP contribution >= 0.6 is 0 Å². The quantitative estimate of drug-likeness (QED) is 0.614. The Morgan fingerprint density at radius 2 is 2.04 bits per heavy atom. The molecule has 3 rings (SSSR count). The summed E-state index contributed by atoms with van der Waals surface area (Å²) in [4.78, 5) is 4.44. The molecule has 1 aromatic carbocycles. The Labute approximate surface area is 155 Å². The number of guanidine groups is 1. The summed E-state index contributed by atoms with van der Waals surface area (Å²) in [6, 6.07) is 8.41. The van der Waals surface area contributed by atoms with Gasteiger partial charge in [0, 0.05) is 31.6 Å². The van der Waals surface area contributed by atoms with E-state index in [-0.39, 0.29) is 0 Å². The molecule has 1 atom stereocenters. The van der Waals surface area contributed by atoms with Crippen LogP contribution in [0.2, 0.25) is 0 Å². The van der Waals surface area contributed by atoms with E-state index in [4.69, 9.17) is 5.73 Å². The van der Waals surface area contributed by atoms with Crippen molar-refractivity contribution in [2.45, 2.75) is 64.8 Å². The molecule has 2 aromatic rings. The normalized spacial score (nSPS) is 16.0. The molecule has 1 aliphatic heterocycles. The summed E-state index contributed by atoms with van der Waals surface area (Å²) in [5.74, 6) is 3.16. The molecule has 6 heteroatoms. The molecule has 0 spiro atoms. The van der Waals surface area contributed by atoms with Crippen LogP contribution in [-0.4, -0.2) is 27.3 Å². The van der Waals surface area contributed by atoms with Gasteiger partial charge < -0.3 is 15.6 Å². The van der Waals surface area contributed by atoms with E-state index in [0.29, 0.717) is 18.4 Å². The van der Waals surface area contributed by atoms with Gasteiger partial charge in [0.2, 0.25) is 0 Å². The molecule has 0 fully saturated rings. The highest BCUT2D eigenvalue weighted by Gasteiger charge is 2.14. The average Bonchev–Trinajstić information content (AvgIpc) is 2.88. The topological polar surface area (TPSA) is 81.1 Å². The van der Waals surface area contributed by atoms with Gasteiger partial charge in [-0.15, -0.1) is 10.2 Å². The lowest BCUT2D eigenvalue weighted by molar-refractivity contribution is 0.605. The monoisotopic (exact) mass is 354 g/mol. The third kappa shape index (κ3) is 4.62. The second-order valence-corrected chi connectivity index (χ2v) is 7.07. The van der Waals surface area contributed by atoms with Crippen LogP contribution in [0, 0.1) is 0 Å². The van der Waals surface area contributed by atoms with Crippen LogP contribution in [0.25, 0.3) is 0 Å². The van der Waals surface area contributed by atoms with Crippen LogP contribution in [0.1, 0.15) is 62.7 Å². The van der Waals surface area contributed by atoms with Gasteiger partial charge in [0.1, 0.15) is 11.6 Å². The van der Waals surface area contributed by atoms with E-state index in [1.807, 2.05) is 0 Å². The fourth-order valence-electron chi connectivity index (χ4n) is 3.32. The lowest BCUT2D eigenvalue weighted by atomic mass is 9.99. The molecule has 3 N–H and O–H groups in total. The number of nitrogens with two attached hydrogens (primary N) is 1. The summed E-state index contributed by atoms with van der Waals surface area (Å²) in [6.45, 7) is 6.08. The SMILES string of the molecule is CCC(C)c1ccc(NC(N)=NCCc2nnc3n2CCCCC3)cc1. The number of aliphatic imine (C=N–C) groups is 1. The first-order valence-corrected chi connectivity index (χ1v) is 9.75. The van der Waals surface area contributed by atoms with Gasteiger partial charge in [-0.05, 0) is 42.9 Å². The zero-order chi connectivity index (χ0) is 18.4. The van der Waals surface area contributed by atoms with Gasteiger partial charge in [-0.25, -0.2) is 0 Å². The summed E-state index contributed by atoms with van der Waals surface area (Å²) in [6.07, 6.45) is 6.63. The summed E-state index contributed by atoms with van der Waals surface area (Å²) >= 11 is 0. The minimum Gasteiger partial charge on any atom is -0.370 e. The molecule has 6 nitrogen and oxygen atoms in total. The smallest absolute Gasteiger partial charge is 0.193 e. The maximum Gasteiger partial charge on any atom is 0.193 e. The van der Waals surface area contributed by atoms with E-state index in [1.165, 1.54) is 24.8 Å². The van der Waals surface area contributed by atoms with Crippen LogP contribution in [0.5, 0.6) is 0 Å². The maximum atomic E-state index is 6.03. The van der Waals surface area contributed by atoms with E-state index in [0.717, 1.165) is 43.1 Å².